The van der Waals surface area contributed by atoms with Gasteiger partial charge in [0.1, 0.15) is 12.6 Å². The summed E-state index contributed by atoms with van der Waals surface area (Å²) in [5.41, 5.74) is 0.836. The summed E-state index contributed by atoms with van der Waals surface area (Å²) < 4.78 is 5.59. The van der Waals surface area contributed by atoms with Gasteiger partial charge in [-0.25, -0.2) is 9.59 Å². The van der Waals surface area contributed by atoms with Gasteiger partial charge in [0.2, 0.25) is 0 Å². The predicted octanol–water partition coefficient (Wildman–Crippen LogP) is 2.42. The van der Waals surface area contributed by atoms with Crippen molar-refractivity contribution in [2.75, 3.05) is 6.61 Å². The number of hydrogen-bond acceptors (Lipinski definition) is 4. The minimum Gasteiger partial charge on any atom is -0.480 e. The smallest absolute Gasteiger partial charge is 0.408 e. The lowest BCUT2D eigenvalue weighted by Gasteiger charge is -2.13. The third-order valence-electron chi connectivity index (χ3n) is 1.98. The van der Waals surface area contributed by atoms with Crippen LogP contribution in [0.1, 0.15) is 5.56 Å². The van der Waals surface area contributed by atoms with Gasteiger partial charge >= 0.3 is 12.1 Å². The second kappa shape index (κ2) is 7.17. The molecule has 0 aliphatic carbocycles. The number of thiophene rings is 1. The first-order chi connectivity index (χ1) is 8.52. The van der Waals surface area contributed by atoms with Crippen molar-refractivity contribution in [3.8, 4) is 0 Å². The number of halogens is 1. The molecule has 0 unspecified atom stereocenters. The molecule has 0 fully saturated rings. The van der Waals surface area contributed by atoms with Gasteiger partial charge in [0.25, 0.3) is 0 Å². The van der Waals surface area contributed by atoms with Crippen LogP contribution in [0.3, 0.4) is 0 Å². The van der Waals surface area contributed by atoms with E-state index in [1.807, 2.05) is 11.4 Å². The minimum absolute atomic E-state index is 0.0438. The number of ether oxygens (including phenoxy) is 1. The molecule has 1 aromatic rings. The molecule has 98 valence electrons. The average molecular weight is 334 g/mol. The van der Waals surface area contributed by atoms with Crippen molar-refractivity contribution in [2.24, 2.45) is 0 Å². The van der Waals surface area contributed by atoms with E-state index < -0.39 is 18.1 Å². The highest BCUT2D eigenvalue weighted by Gasteiger charge is 2.21. The molecule has 7 heteroatoms. The van der Waals surface area contributed by atoms with Crippen LogP contribution in [0.25, 0.3) is 0 Å². The maximum absolute atomic E-state index is 11.3. The molecule has 5 nitrogen and oxygen atoms in total. The summed E-state index contributed by atoms with van der Waals surface area (Å²) >= 11 is 4.75. The summed E-state index contributed by atoms with van der Waals surface area (Å²) in [6, 6.07) is 0.806. The Balaban J connectivity index is 2.57. The summed E-state index contributed by atoms with van der Waals surface area (Å²) in [4.78, 5) is 22.3. The molecule has 1 rings (SSSR count). The predicted molar refractivity (Wildman–Crippen MR) is 71.8 cm³/mol. The SMILES string of the molecule is C=CCOC(=O)N[C@H](Cc1csc(Br)c1)C(=O)O. The highest BCUT2D eigenvalue weighted by atomic mass is 79.9. The Morgan fingerprint density at radius 2 is 2.39 bits per heavy atom. The molecule has 0 saturated heterocycles. The molecule has 1 amide bonds. The highest BCUT2D eigenvalue weighted by molar-refractivity contribution is 9.11. The zero-order chi connectivity index (χ0) is 13.5. The molecule has 0 spiro atoms. The van der Waals surface area contributed by atoms with Crippen LogP contribution in [0.4, 0.5) is 4.79 Å². The Kier molecular flexibility index (Phi) is 5.87. The summed E-state index contributed by atoms with van der Waals surface area (Å²) in [5.74, 6) is -1.10. The maximum atomic E-state index is 11.3. The number of nitrogens with one attached hydrogen (secondary N) is 1. The van der Waals surface area contributed by atoms with E-state index in [1.165, 1.54) is 17.4 Å². The Labute approximate surface area is 117 Å². The molecule has 18 heavy (non-hydrogen) atoms. The summed E-state index contributed by atoms with van der Waals surface area (Å²) in [6.07, 6.45) is 0.850. The van der Waals surface area contributed by atoms with Crippen LogP contribution in [0, 0.1) is 0 Å². The third kappa shape index (κ3) is 4.89. The Morgan fingerprint density at radius 3 is 2.89 bits per heavy atom. The second-order valence-corrected chi connectivity index (χ2v) is 5.68. The molecule has 0 saturated carbocycles. The fourth-order valence-corrected chi connectivity index (χ4v) is 2.43. The first kappa shape index (κ1) is 14.7. The lowest BCUT2D eigenvalue weighted by atomic mass is 10.1. The largest absolute Gasteiger partial charge is 0.480 e. The monoisotopic (exact) mass is 333 g/mol. The number of carboxylic acids is 1. The number of rotatable bonds is 6. The quantitative estimate of drug-likeness (QED) is 0.784. The fraction of sp³-hybridized carbons (Fsp3) is 0.273. The van der Waals surface area contributed by atoms with E-state index in [-0.39, 0.29) is 13.0 Å². The number of carbonyl (C=O) groups is 2. The molecule has 2 N–H and O–H groups in total. The van der Waals surface area contributed by atoms with Gasteiger partial charge in [-0.3, -0.25) is 0 Å². The maximum Gasteiger partial charge on any atom is 0.408 e. The Hall–Kier alpha value is -1.34. The summed E-state index contributed by atoms with van der Waals surface area (Å²) in [5, 5.41) is 13.1. The number of carbonyl (C=O) groups excluding carboxylic acids is 1. The average Bonchev–Trinajstić information content (AvgIpc) is 2.71. The summed E-state index contributed by atoms with van der Waals surface area (Å²) in [6.45, 7) is 3.44. The zero-order valence-electron chi connectivity index (χ0n) is 9.39. The van der Waals surface area contributed by atoms with Gasteiger partial charge in [-0.05, 0) is 32.9 Å². The Morgan fingerprint density at radius 1 is 1.67 bits per heavy atom. The van der Waals surface area contributed by atoms with Crippen LogP contribution in [-0.2, 0) is 16.0 Å². The van der Waals surface area contributed by atoms with Crippen molar-refractivity contribution in [1.29, 1.82) is 0 Å². The van der Waals surface area contributed by atoms with Gasteiger partial charge in [0.15, 0.2) is 0 Å². The molecule has 0 bridgehead atoms. The second-order valence-electron chi connectivity index (χ2n) is 3.39. The number of alkyl carbamates (subject to hydrolysis) is 1. The van der Waals surface area contributed by atoms with Crippen LogP contribution in [0.15, 0.2) is 27.9 Å². The Bertz CT molecular complexity index is 446. The van der Waals surface area contributed by atoms with Crippen LogP contribution >= 0.6 is 27.3 Å². The van der Waals surface area contributed by atoms with Gasteiger partial charge in [0.05, 0.1) is 3.79 Å². The van der Waals surface area contributed by atoms with E-state index in [4.69, 9.17) is 5.11 Å². The van der Waals surface area contributed by atoms with E-state index >= 15 is 0 Å². The first-order valence-electron chi connectivity index (χ1n) is 5.03. The van der Waals surface area contributed by atoms with Gasteiger partial charge in [-0.1, -0.05) is 12.7 Å². The number of hydrogen-bond donors (Lipinski definition) is 2. The van der Waals surface area contributed by atoms with Crippen LogP contribution < -0.4 is 5.32 Å². The standard InChI is InChI=1S/C11H12BrNO4S/c1-2-3-17-11(16)13-8(10(14)15)4-7-5-9(12)18-6-7/h2,5-6,8H,1,3-4H2,(H,13,16)(H,14,15)/t8-/m1/s1. The van der Waals surface area contributed by atoms with E-state index in [1.54, 1.807) is 0 Å². The third-order valence-corrected chi connectivity index (χ3v) is 3.54. The van der Waals surface area contributed by atoms with Crippen molar-refractivity contribution in [3.63, 3.8) is 0 Å². The van der Waals surface area contributed by atoms with Gasteiger partial charge in [-0.15, -0.1) is 11.3 Å². The van der Waals surface area contributed by atoms with Gasteiger partial charge < -0.3 is 15.2 Å². The van der Waals surface area contributed by atoms with Crippen molar-refractivity contribution in [2.45, 2.75) is 12.5 Å². The van der Waals surface area contributed by atoms with E-state index in [0.717, 1.165) is 9.35 Å². The molecule has 0 aliphatic rings. The lowest BCUT2D eigenvalue weighted by Crippen LogP contribution is -2.42. The van der Waals surface area contributed by atoms with Crippen molar-refractivity contribution >= 4 is 39.3 Å². The van der Waals surface area contributed by atoms with Crippen molar-refractivity contribution < 1.29 is 19.4 Å². The molecular weight excluding hydrogens is 322 g/mol. The summed E-state index contributed by atoms with van der Waals surface area (Å²) in [7, 11) is 0. The first-order valence-corrected chi connectivity index (χ1v) is 6.70. The minimum atomic E-state index is -1.10. The normalized spacial score (nSPS) is 11.6. The molecular formula is C11H12BrNO4S. The fourth-order valence-electron chi connectivity index (χ4n) is 1.21. The number of carboxylic acid groups (broad SMARTS) is 1. The van der Waals surface area contributed by atoms with Crippen LogP contribution in [0.2, 0.25) is 0 Å². The van der Waals surface area contributed by atoms with Crippen molar-refractivity contribution in [1.82, 2.24) is 5.32 Å². The number of aliphatic carboxylic acids is 1. The van der Waals surface area contributed by atoms with Crippen LogP contribution in [-0.4, -0.2) is 29.8 Å². The van der Waals surface area contributed by atoms with Gasteiger partial charge in [0, 0.05) is 6.42 Å². The van der Waals surface area contributed by atoms with Crippen LogP contribution in [0.5, 0.6) is 0 Å². The molecule has 1 atom stereocenters. The van der Waals surface area contributed by atoms with E-state index in [2.05, 4.69) is 32.6 Å². The molecule has 1 heterocycles. The molecule has 1 aromatic heterocycles. The molecule has 0 aromatic carbocycles. The van der Waals surface area contributed by atoms with E-state index in [0.29, 0.717) is 0 Å². The van der Waals surface area contributed by atoms with Gasteiger partial charge in [-0.2, -0.15) is 0 Å². The van der Waals surface area contributed by atoms with Crippen molar-refractivity contribution in [3.05, 3.63) is 33.5 Å². The molecule has 0 aliphatic heterocycles. The lowest BCUT2D eigenvalue weighted by molar-refractivity contribution is -0.139. The zero-order valence-corrected chi connectivity index (χ0v) is 11.8. The topological polar surface area (TPSA) is 75.6 Å². The number of amides is 1. The van der Waals surface area contributed by atoms with E-state index in [9.17, 15) is 9.59 Å². The highest BCUT2D eigenvalue weighted by Crippen LogP contribution is 2.21. The molecule has 0 radical (unpaired) electrons.